The lowest BCUT2D eigenvalue weighted by molar-refractivity contribution is -0.118. The summed E-state index contributed by atoms with van der Waals surface area (Å²) >= 11 is 1.38. The second kappa shape index (κ2) is 10.5. The lowest BCUT2D eigenvalue weighted by atomic mass is 10.0. The van der Waals surface area contributed by atoms with Crippen LogP contribution in [0.4, 0.5) is 16.8 Å². The number of aromatic nitrogens is 2. The molecule has 216 valence electrons. The number of piperazine rings is 1. The van der Waals surface area contributed by atoms with Gasteiger partial charge < -0.3 is 15.5 Å². The number of nitrogens with one attached hydrogen (secondary N) is 3. The number of nitrogens with zero attached hydrogens (tertiary/aromatic N) is 4. The van der Waals surface area contributed by atoms with Crippen LogP contribution in [0, 0.1) is 12.8 Å². The number of carbonyl (C=O) groups is 2. The van der Waals surface area contributed by atoms with E-state index in [0.29, 0.717) is 46.9 Å². The molecule has 3 aliphatic rings. The normalized spacial score (nSPS) is 20.0. The zero-order valence-corrected chi connectivity index (χ0v) is 25.0. The van der Waals surface area contributed by atoms with E-state index in [4.69, 9.17) is 0 Å². The number of aryl methyl sites for hydroxylation is 1. The minimum Gasteiger partial charge on any atom is -0.331 e. The van der Waals surface area contributed by atoms with Crippen LogP contribution in [0.1, 0.15) is 48.3 Å². The summed E-state index contributed by atoms with van der Waals surface area (Å²) in [4.78, 5) is 39.5. The molecule has 6 rings (SSSR count). The lowest BCUT2D eigenvalue weighted by Crippen LogP contribution is -2.53. The molecule has 1 aliphatic carbocycles. The molecule has 3 N–H and O–H groups in total. The quantitative estimate of drug-likeness (QED) is 0.361. The highest BCUT2D eigenvalue weighted by molar-refractivity contribution is 7.89. The van der Waals surface area contributed by atoms with Gasteiger partial charge in [0.05, 0.1) is 27.6 Å². The van der Waals surface area contributed by atoms with Crippen molar-refractivity contribution in [2.45, 2.75) is 57.1 Å². The molecule has 2 aliphatic heterocycles. The zero-order valence-electron chi connectivity index (χ0n) is 23.4. The van der Waals surface area contributed by atoms with Gasteiger partial charge >= 0.3 is 0 Å². The number of anilines is 3. The van der Waals surface area contributed by atoms with E-state index >= 15 is 0 Å². The predicted octanol–water partition coefficient (Wildman–Crippen LogP) is 3.24. The topological polar surface area (TPSA) is 137 Å². The molecule has 0 radical (unpaired) electrons. The molecular weight excluding hydrogens is 562 g/mol. The molecule has 0 spiro atoms. The van der Waals surface area contributed by atoms with Gasteiger partial charge in [-0.1, -0.05) is 17.4 Å². The Morgan fingerprint density at radius 3 is 2.68 bits per heavy atom. The fraction of sp³-hybridized carbons (Fsp3) is 0.429. The van der Waals surface area contributed by atoms with Gasteiger partial charge in [0.25, 0.3) is 5.91 Å². The average molecular weight is 596 g/mol. The van der Waals surface area contributed by atoms with Gasteiger partial charge in [0, 0.05) is 25.2 Å². The molecule has 4 heterocycles. The van der Waals surface area contributed by atoms with Crippen molar-refractivity contribution in [3.05, 3.63) is 47.2 Å². The number of carbonyl (C=O) groups excluding carboxylic acids is 2. The summed E-state index contributed by atoms with van der Waals surface area (Å²) < 4.78 is 28.6. The fourth-order valence-electron chi connectivity index (χ4n) is 5.54. The first-order valence-corrected chi connectivity index (χ1v) is 16.0. The van der Waals surface area contributed by atoms with Crippen molar-refractivity contribution in [2.24, 2.45) is 5.92 Å². The third-order valence-electron chi connectivity index (χ3n) is 8.02. The first kappa shape index (κ1) is 27.8. The average Bonchev–Trinajstić information content (AvgIpc) is 3.67. The molecule has 2 fully saturated rings. The predicted molar refractivity (Wildman–Crippen MR) is 158 cm³/mol. The number of pyridine rings is 1. The molecule has 11 nitrogen and oxygen atoms in total. The Labute approximate surface area is 243 Å². The number of amides is 2. The van der Waals surface area contributed by atoms with Crippen molar-refractivity contribution in [3.8, 4) is 10.4 Å². The zero-order chi connectivity index (χ0) is 29.1. The van der Waals surface area contributed by atoms with Crippen LogP contribution < -0.4 is 20.3 Å². The Morgan fingerprint density at radius 1 is 1.17 bits per heavy atom. The Bertz CT molecular complexity index is 1650. The number of hydrogen-bond donors (Lipinski definition) is 3. The monoisotopic (exact) mass is 595 g/mol. The van der Waals surface area contributed by atoms with Gasteiger partial charge in [-0.2, -0.15) is 0 Å². The van der Waals surface area contributed by atoms with E-state index in [-0.39, 0.29) is 40.9 Å². The summed E-state index contributed by atoms with van der Waals surface area (Å²) in [7, 11) is -2.54. The minimum atomic E-state index is -3.89. The van der Waals surface area contributed by atoms with Crippen molar-refractivity contribution in [1.29, 1.82) is 0 Å². The van der Waals surface area contributed by atoms with Crippen LogP contribution in [-0.2, 0) is 21.4 Å². The Hall–Kier alpha value is -3.39. The van der Waals surface area contributed by atoms with E-state index in [0.717, 1.165) is 23.4 Å². The molecular formula is C28H33N7O4S2. The molecule has 41 heavy (non-hydrogen) atoms. The Kier molecular flexibility index (Phi) is 7.09. The standard InChI is InChI=1S/C28H33N7O4S2/c1-15-13-35(24(36)12-30-15)23-7-5-6-22(32-23)33-28-31-16(2)26(40-28)19-10-20-14-34(17(3)18-8-9-18)27(37)25(20)21(11-19)41(38,39)29-4/h5-7,10-11,15,17-18,29-30H,8-9,12-14H2,1-4H3,(H,31,32,33)/t15-,17+/m1/s1. The van der Waals surface area contributed by atoms with Crippen LogP contribution in [0.2, 0.25) is 0 Å². The van der Waals surface area contributed by atoms with Crippen LogP contribution >= 0.6 is 11.3 Å². The minimum absolute atomic E-state index is 0.00501. The van der Waals surface area contributed by atoms with Gasteiger partial charge in [0.2, 0.25) is 15.9 Å². The number of benzene rings is 1. The molecule has 3 aromatic rings. The van der Waals surface area contributed by atoms with Crippen LogP contribution in [0.3, 0.4) is 0 Å². The molecule has 13 heteroatoms. The third-order valence-corrected chi connectivity index (χ3v) is 10.6. The molecule has 2 aromatic heterocycles. The van der Waals surface area contributed by atoms with Gasteiger partial charge in [-0.25, -0.2) is 23.1 Å². The highest BCUT2D eigenvalue weighted by atomic mass is 32.2. The highest BCUT2D eigenvalue weighted by Crippen LogP contribution is 2.42. The highest BCUT2D eigenvalue weighted by Gasteiger charge is 2.41. The maximum atomic E-state index is 13.4. The third kappa shape index (κ3) is 5.23. The number of rotatable bonds is 8. The van der Waals surface area contributed by atoms with Gasteiger partial charge in [-0.05, 0) is 82.0 Å². The van der Waals surface area contributed by atoms with Crippen molar-refractivity contribution in [3.63, 3.8) is 0 Å². The van der Waals surface area contributed by atoms with E-state index < -0.39 is 10.0 Å². The molecule has 1 aromatic carbocycles. The molecule has 2 amide bonds. The summed E-state index contributed by atoms with van der Waals surface area (Å²) in [6.07, 6.45) is 2.18. The fourth-order valence-corrected chi connectivity index (χ4v) is 7.49. The molecule has 1 saturated heterocycles. The van der Waals surface area contributed by atoms with Crippen molar-refractivity contribution in [2.75, 3.05) is 30.4 Å². The van der Waals surface area contributed by atoms with E-state index in [1.807, 2.05) is 45.0 Å². The smallest absolute Gasteiger partial charge is 0.256 e. The second-order valence-electron chi connectivity index (χ2n) is 11.0. The summed E-state index contributed by atoms with van der Waals surface area (Å²) in [6.45, 7) is 7.12. The van der Waals surface area contributed by atoms with Crippen LogP contribution in [-0.4, -0.2) is 67.3 Å². The van der Waals surface area contributed by atoms with Gasteiger partial charge in [0.1, 0.15) is 11.6 Å². The molecule has 0 unspecified atom stereocenters. The maximum absolute atomic E-state index is 13.4. The van der Waals surface area contributed by atoms with Crippen LogP contribution in [0.25, 0.3) is 10.4 Å². The van der Waals surface area contributed by atoms with Crippen molar-refractivity contribution in [1.82, 2.24) is 24.9 Å². The second-order valence-corrected chi connectivity index (χ2v) is 13.8. The first-order valence-electron chi connectivity index (χ1n) is 13.7. The van der Waals surface area contributed by atoms with E-state index in [2.05, 4.69) is 25.3 Å². The SMILES string of the molecule is CNS(=O)(=O)c1cc(-c2sc(Nc3cccc(N4C[C@@H](C)NCC4=O)n3)nc2C)cc2c1C(=O)N([C@@H](C)C1CC1)C2. The number of hydrogen-bond acceptors (Lipinski definition) is 9. The molecule has 1 saturated carbocycles. The lowest BCUT2D eigenvalue weighted by Gasteiger charge is -2.31. The van der Waals surface area contributed by atoms with Crippen LogP contribution in [0.15, 0.2) is 35.2 Å². The van der Waals surface area contributed by atoms with Crippen molar-refractivity contribution < 1.29 is 18.0 Å². The summed E-state index contributed by atoms with van der Waals surface area (Å²) in [5, 5.41) is 6.99. The van der Waals surface area contributed by atoms with E-state index in [1.165, 1.54) is 18.4 Å². The van der Waals surface area contributed by atoms with E-state index in [1.54, 1.807) is 15.9 Å². The first-order chi connectivity index (χ1) is 19.6. The summed E-state index contributed by atoms with van der Waals surface area (Å²) in [6, 6.07) is 9.18. The van der Waals surface area contributed by atoms with E-state index in [9.17, 15) is 18.0 Å². The largest absolute Gasteiger partial charge is 0.331 e. The maximum Gasteiger partial charge on any atom is 0.256 e. The Balaban J connectivity index is 1.32. The molecule has 2 atom stereocenters. The number of fused-ring (bicyclic) bond motifs is 1. The summed E-state index contributed by atoms with van der Waals surface area (Å²) in [5.74, 6) is 1.32. The number of sulfonamides is 1. The summed E-state index contributed by atoms with van der Waals surface area (Å²) in [5.41, 5.74) is 2.38. The van der Waals surface area contributed by atoms with Gasteiger partial charge in [-0.15, -0.1) is 0 Å². The van der Waals surface area contributed by atoms with Gasteiger partial charge in [0.15, 0.2) is 5.13 Å². The molecule has 0 bridgehead atoms. The Morgan fingerprint density at radius 2 is 1.95 bits per heavy atom. The van der Waals surface area contributed by atoms with Crippen molar-refractivity contribution >= 4 is 49.9 Å². The van der Waals surface area contributed by atoms with Crippen LogP contribution in [0.5, 0.6) is 0 Å². The van der Waals surface area contributed by atoms with Gasteiger partial charge in [-0.3, -0.25) is 14.5 Å². The number of thiazole rings is 1.